The Morgan fingerprint density at radius 1 is 1.44 bits per heavy atom. The molecule has 0 unspecified atom stereocenters. The molecule has 1 amide bonds. The first-order chi connectivity index (χ1) is 8.43. The molecule has 1 aromatic rings. The maximum absolute atomic E-state index is 11.2. The zero-order valence-corrected chi connectivity index (χ0v) is 10.7. The zero-order chi connectivity index (χ0) is 13.7. The molecule has 0 aromatic heterocycles. The van der Waals surface area contributed by atoms with E-state index in [4.69, 9.17) is 5.73 Å². The second-order valence-corrected chi connectivity index (χ2v) is 3.88. The number of rotatable bonds is 4. The normalized spacial score (nSPS) is 9.72. The third kappa shape index (κ3) is 3.65. The highest BCUT2D eigenvalue weighted by Gasteiger charge is 2.09. The molecular formula is C12H17N3O3. The minimum atomic E-state index is -0.338. The molecule has 1 rings (SSSR count). The minimum absolute atomic E-state index is 0.125. The van der Waals surface area contributed by atoms with Crippen molar-refractivity contribution in [2.24, 2.45) is 0 Å². The van der Waals surface area contributed by atoms with Gasteiger partial charge in [-0.05, 0) is 18.2 Å². The number of nitrogens with two attached hydrogens (primary N) is 1. The number of methoxy groups -OCH3 is 1. The molecule has 6 nitrogen and oxygen atoms in total. The summed E-state index contributed by atoms with van der Waals surface area (Å²) in [5, 5.41) is 2.63. The summed E-state index contributed by atoms with van der Waals surface area (Å²) in [5.74, 6) is -0.537. The first-order valence-corrected chi connectivity index (χ1v) is 5.39. The number of amides is 1. The molecule has 0 spiro atoms. The second-order valence-electron chi connectivity index (χ2n) is 3.88. The van der Waals surface area contributed by atoms with Crippen LogP contribution in [0.5, 0.6) is 0 Å². The number of carbonyl (C=O) groups excluding carboxylic acids is 2. The molecule has 0 bridgehead atoms. The van der Waals surface area contributed by atoms with Gasteiger partial charge in [-0.3, -0.25) is 9.59 Å². The summed E-state index contributed by atoms with van der Waals surface area (Å²) in [6.45, 7) is 1.53. The molecule has 0 heterocycles. The van der Waals surface area contributed by atoms with Gasteiger partial charge < -0.3 is 20.7 Å². The molecule has 0 radical (unpaired) electrons. The molecule has 0 aliphatic rings. The average molecular weight is 251 g/mol. The van der Waals surface area contributed by atoms with Crippen LogP contribution < -0.4 is 16.0 Å². The van der Waals surface area contributed by atoms with E-state index < -0.39 is 0 Å². The molecule has 0 saturated carbocycles. The lowest BCUT2D eigenvalue weighted by Gasteiger charge is -2.19. The fourth-order valence-corrected chi connectivity index (χ4v) is 1.43. The van der Waals surface area contributed by atoms with Crippen molar-refractivity contribution >= 4 is 28.9 Å². The standard InChI is InChI=1S/C12H17N3O3/c1-8(16)14-11-6-9(4-5-10(11)13)15(2)7-12(17)18-3/h4-6H,7,13H2,1-3H3,(H,14,16). The van der Waals surface area contributed by atoms with Crippen molar-refractivity contribution in [3.05, 3.63) is 18.2 Å². The first kappa shape index (κ1) is 13.8. The van der Waals surface area contributed by atoms with E-state index in [1.807, 2.05) is 0 Å². The molecular weight excluding hydrogens is 234 g/mol. The quantitative estimate of drug-likeness (QED) is 0.611. The number of carbonyl (C=O) groups is 2. The highest BCUT2D eigenvalue weighted by molar-refractivity contribution is 5.93. The fraction of sp³-hybridized carbons (Fsp3) is 0.333. The summed E-state index contributed by atoms with van der Waals surface area (Å²) in [7, 11) is 3.09. The van der Waals surface area contributed by atoms with Crippen LogP contribution in [0, 0.1) is 0 Å². The van der Waals surface area contributed by atoms with Gasteiger partial charge in [-0.1, -0.05) is 0 Å². The lowest BCUT2D eigenvalue weighted by Crippen LogP contribution is -2.26. The Kier molecular flexibility index (Phi) is 4.53. The summed E-state index contributed by atoms with van der Waals surface area (Å²) in [5.41, 5.74) is 7.50. The Morgan fingerprint density at radius 3 is 2.67 bits per heavy atom. The third-order valence-corrected chi connectivity index (χ3v) is 2.38. The molecule has 0 aliphatic carbocycles. The van der Waals surface area contributed by atoms with Crippen LogP contribution in [0.2, 0.25) is 0 Å². The molecule has 0 atom stereocenters. The first-order valence-electron chi connectivity index (χ1n) is 5.39. The van der Waals surface area contributed by atoms with Gasteiger partial charge in [0, 0.05) is 19.7 Å². The number of ether oxygens (including phenoxy) is 1. The van der Waals surface area contributed by atoms with E-state index in [0.717, 1.165) is 5.69 Å². The van der Waals surface area contributed by atoms with Gasteiger partial charge in [0.25, 0.3) is 0 Å². The number of benzene rings is 1. The maximum atomic E-state index is 11.2. The van der Waals surface area contributed by atoms with Crippen molar-refractivity contribution in [3.63, 3.8) is 0 Å². The van der Waals surface area contributed by atoms with Crippen LogP contribution >= 0.6 is 0 Å². The Labute approximate surface area is 106 Å². The van der Waals surface area contributed by atoms with Gasteiger partial charge >= 0.3 is 5.97 Å². The van der Waals surface area contributed by atoms with Crippen LogP contribution in [0.15, 0.2) is 18.2 Å². The summed E-state index contributed by atoms with van der Waals surface area (Å²) < 4.78 is 4.59. The zero-order valence-electron chi connectivity index (χ0n) is 10.7. The van der Waals surface area contributed by atoms with E-state index in [2.05, 4.69) is 10.1 Å². The maximum Gasteiger partial charge on any atom is 0.325 e. The molecule has 6 heteroatoms. The van der Waals surface area contributed by atoms with Gasteiger partial charge in [-0.15, -0.1) is 0 Å². The highest BCUT2D eigenvalue weighted by Crippen LogP contribution is 2.24. The predicted octanol–water partition coefficient (Wildman–Crippen LogP) is 0.836. The minimum Gasteiger partial charge on any atom is -0.468 e. The Bertz CT molecular complexity index is 460. The number of nitrogens with one attached hydrogen (secondary N) is 1. The van der Waals surface area contributed by atoms with Gasteiger partial charge in [-0.25, -0.2) is 0 Å². The third-order valence-electron chi connectivity index (χ3n) is 2.38. The van der Waals surface area contributed by atoms with Crippen LogP contribution in [0.3, 0.4) is 0 Å². The van der Waals surface area contributed by atoms with E-state index in [1.54, 1.807) is 30.1 Å². The van der Waals surface area contributed by atoms with E-state index in [1.165, 1.54) is 14.0 Å². The number of anilines is 3. The SMILES string of the molecule is COC(=O)CN(C)c1ccc(N)c(NC(C)=O)c1. The average Bonchev–Trinajstić information content (AvgIpc) is 2.31. The van der Waals surface area contributed by atoms with Crippen molar-refractivity contribution in [3.8, 4) is 0 Å². The highest BCUT2D eigenvalue weighted by atomic mass is 16.5. The smallest absolute Gasteiger partial charge is 0.325 e. The molecule has 1 aromatic carbocycles. The van der Waals surface area contributed by atoms with E-state index in [-0.39, 0.29) is 18.4 Å². The van der Waals surface area contributed by atoms with Gasteiger partial charge in [-0.2, -0.15) is 0 Å². The van der Waals surface area contributed by atoms with Crippen LogP contribution in [-0.2, 0) is 14.3 Å². The molecule has 0 aliphatic heterocycles. The number of hydrogen-bond donors (Lipinski definition) is 2. The summed E-state index contributed by atoms with van der Waals surface area (Å²) in [4.78, 5) is 23.9. The topological polar surface area (TPSA) is 84.7 Å². The lowest BCUT2D eigenvalue weighted by molar-refractivity contribution is -0.138. The number of likely N-dealkylation sites (N-methyl/N-ethyl adjacent to an activating group) is 1. The number of hydrogen-bond acceptors (Lipinski definition) is 5. The van der Waals surface area contributed by atoms with Gasteiger partial charge in [0.2, 0.25) is 5.91 Å². The van der Waals surface area contributed by atoms with E-state index >= 15 is 0 Å². The Hall–Kier alpha value is -2.24. The van der Waals surface area contributed by atoms with Crippen LogP contribution in [0.1, 0.15) is 6.92 Å². The van der Waals surface area contributed by atoms with Crippen LogP contribution in [0.4, 0.5) is 17.1 Å². The van der Waals surface area contributed by atoms with Gasteiger partial charge in [0.1, 0.15) is 6.54 Å². The second kappa shape index (κ2) is 5.90. The molecule has 0 saturated heterocycles. The Balaban J connectivity index is 2.89. The molecule has 0 fully saturated rings. The molecule has 98 valence electrons. The van der Waals surface area contributed by atoms with Crippen LogP contribution in [-0.4, -0.2) is 32.6 Å². The van der Waals surface area contributed by atoms with Crippen molar-refractivity contribution in [1.29, 1.82) is 0 Å². The Morgan fingerprint density at radius 2 is 2.11 bits per heavy atom. The van der Waals surface area contributed by atoms with Gasteiger partial charge in [0.15, 0.2) is 0 Å². The monoisotopic (exact) mass is 251 g/mol. The van der Waals surface area contributed by atoms with Crippen LogP contribution in [0.25, 0.3) is 0 Å². The fourth-order valence-electron chi connectivity index (χ4n) is 1.43. The summed E-state index contributed by atoms with van der Waals surface area (Å²) in [6.07, 6.45) is 0. The largest absolute Gasteiger partial charge is 0.468 e. The summed E-state index contributed by atoms with van der Waals surface area (Å²) >= 11 is 0. The summed E-state index contributed by atoms with van der Waals surface area (Å²) in [6, 6.07) is 5.15. The number of nitrogen functional groups attached to an aromatic ring is 1. The predicted molar refractivity (Wildman–Crippen MR) is 70.4 cm³/mol. The molecule has 3 N–H and O–H groups in total. The lowest BCUT2D eigenvalue weighted by atomic mass is 10.2. The van der Waals surface area contributed by atoms with E-state index in [9.17, 15) is 9.59 Å². The van der Waals surface area contributed by atoms with Crippen molar-refractivity contribution in [1.82, 2.24) is 0 Å². The van der Waals surface area contributed by atoms with Crippen molar-refractivity contribution in [2.45, 2.75) is 6.92 Å². The van der Waals surface area contributed by atoms with E-state index in [0.29, 0.717) is 11.4 Å². The van der Waals surface area contributed by atoms with Crippen molar-refractivity contribution in [2.75, 3.05) is 36.7 Å². The number of esters is 1. The van der Waals surface area contributed by atoms with Gasteiger partial charge in [0.05, 0.1) is 18.5 Å². The van der Waals surface area contributed by atoms with Crippen molar-refractivity contribution < 1.29 is 14.3 Å². The number of nitrogens with zero attached hydrogens (tertiary/aromatic N) is 1. The molecule has 18 heavy (non-hydrogen) atoms.